The van der Waals surface area contributed by atoms with E-state index in [1.54, 1.807) is 55.5 Å². The van der Waals surface area contributed by atoms with Gasteiger partial charge in [-0.3, -0.25) is 14.4 Å². The molecule has 45 heavy (non-hydrogen) atoms. The molecule has 0 radical (unpaired) electrons. The standard InChI is InChI=1S/C36H43NO7S/c1-3-5-6-7-8-9-10-11-15-22-32(38)44-35(26-18-13-12-14-19-26)33(36(40)43-4-2)37-45(41,42)27-23-24-29-28-20-16-17-21-30(28)34(39)31(29)25-27/h12-14,16-21,23-25,33,35,37H,3-11,15,22H2,1-2H3/t33-,35+/m1/s1. The maximum Gasteiger partial charge on any atom is 0.328 e. The van der Waals surface area contributed by atoms with Crippen molar-refractivity contribution in [3.63, 3.8) is 0 Å². The zero-order valence-electron chi connectivity index (χ0n) is 26.1. The number of unbranched alkanes of at least 4 members (excludes halogenated alkanes) is 8. The van der Waals surface area contributed by atoms with E-state index in [1.807, 2.05) is 12.1 Å². The Labute approximate surface area is 266 Å². The van der Waals surface area contributed by atoms with Crippen LogP contribution in [0.15, 0.2) is 77.7 Å². The molecule has 2 atom stereocenters. The molecule has 0 bridgehead atoms. The monoisotopic (exact) mass is 633 g/mol. The predicted molar refractivity (Wildman–Crippen MR) is 173 cm³/mol. The SMILES string of the molecule is CCCCCCCCCCCC(=O)O[C@@H](c1ccccc1)[C@@H](NS(=O)(=O)c1ccc2c(c1)C(=O)c1ccccc1-2)C(=O)OCC. The zero-order chi connectivity index (χ0) is 32.2. The van der Waals surface area contributed by atoms with Crippen molar-refractivity contribution in [1.29, 1.82) is 0 Å². The Morgan fingerprint density at radius 3 is 2.00 bits per heavy atom. The highest BCUT2D eigenvalue weighted by Gasteiger charge is 2.38. The normalized spacial score (nSPS) is 13.5. The molecule has 0 heterocycles. The van der Waals surface area contributed by atoms with Crippen molar-refractivity contribution in [3.05, 3.63) is 89.5 Å². The highest BCUT2D eigenvalue weighted by molar-refractivity contribution is 7.89. The molecule has 0 amide bonds. The fraction of sp³-hybridized carbons (Fsp3) is 0.417. The Balaban J connectivity index is 1.50. The molecule has 4 rings (SSSR count). The van der Waals surface area contributed by atoms with Crippen LogP contribution < -0.4 is 4.72 Å². The van der Waals surface area contributed by atoms with Gasteiger partial charge >= 0.3 is 11.9 Å². The smallest absolute Gasteiger partial charge is 0.328 e. The van der Waals surface area contributed by atoms with Crippen LogP contribution in [-0.2, 0) is 29.1 Å². The highest BCUT2D eigenvalue weighted by Crippen LogP contribution is 2.37. The van der Waals surface area contributed by atoms with Crippen molar-refractivity contribution in [1.82, 2.24) is 4.72 Å². The number of hydrogen-bond donors (Lipinski definition) is 1. The van der Waals surface area contributed by atoms with Crippen LogP contribution in [0.4, 0.5) is 0 Å². The van der Waals surface area contributed by atoms with Gasteiger partial charge in [-0.1, -0.05) is 119 Å². The second-order valence-electron chi connectivity index (χ2n) is 11.3. The molecule has 240 valence electrons. The fourth-order valence-corrected chi connectivity index (χ4v) is 6.84. The van der Waals surface area contributed by atoms with Crippen LogP contribution in [-0.4, -0.2) is 38.8 Å². The van der Waals surface area contributed by atoms with Crippen molar-refractivity contribution in [2.75, 3.05) is 6.61 Å². The Morgan fingerprint density at radius 2 is 1.33 bits per heavy atom. The van der Waals surface area contributed by atoms with E-state index in [-0.39, 0.29) is 29.3 Å². The van der Waals surface area contributed by atoms with Gasteiger partial charge in [-0.05, 0) is 42.2 Å². The minimum Gasteiger partial charge on any atom is -0.465 e. The highest BCUT2D eigenvalue weighted by atomic mass is 32.2. The first-order valence-corrected chi connectivity index (χ1v) is 17.5. The van der Waals surface area contributed by atoms with Crippen LogP contribution in [0.3, 0.4) is 0 Å². The molecular formula is C36H43NO7S. The van der Waals surface area contributed by atoms with E-state index in [0.717, 1.165) is 24.8 Å². The lowest BCUT2D eigenvalue weighted by Crippen LogP contribution is -2.47. The molecule has 0 unspecified atom stereocenters. The Bertz CT molecular complexity index is 1570. The van der Waals surface area contributed by atoms with Gasteiger partial charge in [-0.25, -0.2) is 8.42 Å². The Morgan fingerprint density at radius 1 is 0.733 bits per heavy atom. The quantitative estimate of drug-likeness (QED) is 0.0902. The van der Waals surface area contributed by atoms with Crippen LogP contribution in [0, 0.1) is 0 Å². The lowest BCUT2D eigenvalue weighted by molar-refractivity contribution is -0.158. The van der Waals surface area contributed by atoms with Gasteiger partial charge in [-0.2, -0.15) is 4.72 Å². The first-order valence-electron chi connectivity index (χ1n) is 16.0. The number of ether oxygens (including phenoxy) is 2. The molecule has 0 fully saturated rings. The number of nitrogens with one attached hydrogen (secondary N) is 1. The molecule has 8 nitrogen and oxygen atoms in total. The van der Waals surface area contributed by atoms with Gasteiger partial charge < -0.3 is 9.47 Å². The summed E-state index contributed by atoms with van der Waals surface area (Å²) in [6, 6.07) is 18.4. The average Bonchev–Trinajstić information content (AvgIpc) is 3.33. The van der Waals surface area contributed by atoms with Gasteiger partial charge in [0, 0.05) is 17.5 Å². The number of benzene rings is 3. The molecule has 1 N–H and O–H groups in total. The molecule has 3 aromatic carbocycles. The third-order valence-electron chi connectivity index (χ3n) is 8.00. The van der Waals surface area contributed by atoms with E-state index in [2.05, 4.69) is 11.6 Å². The number of esters is 2. The van der Waals surface area contributed by atoms with Crippen LogP contribution in [0.1, 0.15) is 106 Å². The van der Waals surface area contributed by atoms with Gasteiger partial charge in [0.1, 0.15) is 0 Å². The molecule has 0 saturated carbocycles. The minimum absolute atomic E-state index is 0.00341. The molecule has 3 aromatic rings. The van der Waals surface area contributed by atoms with E-state index in [4.69, 9.17) is 9.47 Å². The number of sulfonamides is 1. The molecular weight excluding hydrogens is 590 g/mol. The third kappa shape index (κ3) is 8.89. The van der Waals surface area contributed by atoms with Gasteiger partial charge in [0.2, 0.25) is 10.0 Å². The minimum atomic E-state index is -4.37. The van der Waals surface area contributed by atoms with Crippen molar-refractivity contribution < 1.29 is 32.3 Å². The van der Waals surface area contributed by atoms with Gasteiger partial charge in [0.15, 0.2) is 17.9 Å². The van der Waals surface area contributed by atoms with Gasteiger partial charge in [0.05, 0.1) is 11.5 Å². The molecule has 9 heteroatoms. The lowest BCUT2D eigenvalue weighted by atomic mass is 10.0. The summed E-state index contributed by atoms with van der Waals surface area (Å²) in [5.41, 5.74) is 2.59. The summed E-state index contributed by atoms with van der Waals surface area (Å²) in [6.45, 7) is 3.80. The molecule has 0 aromatic heterocycles. The molecule has 0 aliphatic heterocycles. The summed E-state index contributed by atoms with van der Waals surface area (Å²) in [6.07, 6.45) is 8.70. The van der Waals surface area contributed by atoms with E-state index >= 15 is 0 Å². The molecule has 1 aliphatic rings. The van der Waals surface area contributed by atoms with E-state index in [1.165, 1.54) is 44.2 Å². The first-order chi connectivity index (χ1) is 21.8. The number of carbonyl (C=O) groups is 3. The van der Waals surface area contributed by atoms with Crippen molar-refractivity contribution in [2.24, 2.45) is 0 Å². The Kier molecular flexibility index (Phi) is 12.5. The first kappa shape index (κ1) is 34.1. The predicted octanol–water partition coefficient (Wildman–Crippen LogP) is 7.31. The number of hydrogen-bond acceptors (Lipinski definition) is 7. The number of carbonyl (C=O) groups excluding carboxylic acids is 3. The summed E-state index contributed by atoms with van der Waals surface area (Å²) >= 11 is 0. The maximum atomic E-state index is 13.7. The number of ketones is 1. The molecule has 0 spiro atoms. The summed E-state index contributed by atoms with van der Waals surface area (Å²) in [4.78, 5) is 39.2. The van der Waals surface area contributed by atoms with Crippen LogP contribution >= 0.6 is 0 Å². The topological polar surface area (TPSA) is 116 Å². The fourth-order valence-electron chi connectivity index (χ4n) is 5.63. The number of rotatable bonds is 18. The summed E-state index contributed by atoms with van der Waals surface area (Å²) in [5.74, 6) is -1.68. The largest absolute Gasteiger partial charge is 0.465 e. The molecule has 1 aliphatic carbocycles. The van der Waals surface area contributed by atoms with Crippen LogP contribution in [0.2, 0.25) is 0 Å². The van der Waals surface area contributed by atoms with Crippen LogP contribution in [0.5, 0.6) is 0 Å². The van der Waals surface area contributed by atoms with Crippen LogP contribution in [0.25, 0.3) is 11.1 Å². The maximum absolute atomic E-state index is 13.7. The number of fused-ring (bicyclic) bond motifs is 3. The summed E-state index contributed by atoms with van der Waals surface area (Å²) in [7, 11) is -4.37. The van der Waals surface area contributed by atoms with Crippen molar-refractivity contribution in [3.8, 4) is 11.1 Å². The Hall–Kier alpha value is -3.82. The van der Waals surface area contributed by atoms with E-state index in [0.29, 0.717) is 23.1 Å². The van der Waals surface area contributed by atoms with E-state index < -0.39 is 34.1 Å². The lowest BCUT2D eigenvalue weighted by Gasteiger charge is -2.27. The second-order valence-corrected chi connectivity index (χ2v) is 13.0. The molecule has 0 saturated heterocycles. The van der Waals surface area contributed by atoms with Gasteiger partial charge in [0.25, 0.3) is 0 Å². The second kappa shape index (κ2) is 16.5. The van der Waals surface area contributed by atoms with Gasteiger partial charge in [-0.15, -0.1) is 0 Å². The zero-order valence-corrected chi connectivity index (χ0v) is 26.9. The van der Waals surface area contributed by atoms with Crippen molar-refractivity contribution in [2.45, 2.75) is 95.1 Å². The summed E-state index contributed by atoms with van der Waals surface area (Å²) in [5, 5.41) is 0. The third-order valence-corrected chi connectivity index (χ3v) is 9.44. The average molecular weight is 634 g/mol. The summed E-state index contributed by atoms with van der Waals surface area (Å²) < 4.78 is 41.0. The van der Waals surface area contributed by atoms with Crippen molar-refractivity contribution >= 4 is 27.7 Å². The van der Waals surface area contributed by atoms with E-state index in [9.17, 15) is 22.8 Å².